The third kappa shape index (κ3) is 4.30. The SMILES string of the molecule is Cc1noc(C)c1CCC(=O)N1CCC(C(=O)NCCn2ccnc2)C1. The van der Waals surface area contributed by atoms with Gasteiger partial charge in [0.05, 0.1) is 17.9 Å². The van der Waals surface area contributed by atoms with E-state index >= 15 is 0 Å². The van der Waals surface area contributed by atoms with Crippen LogP contribution in [0, 0.1) is 19.8 Å². The molecule has 3 rings (SSSR count). The summed E-state index contributed by atoms with van der Waals surface area (Å²) in [5, 5.41) is 6.86. The average Bonchev–Trinajstić information content (AvgIpc) is 3.36. The minimum atomic E-state index is -0.124. The van der Waals surface area contributed by atoms with Crippen LogP contribution in [0.2, 0.25) is 0 Å². The van der Waals surface area contributed by atoms with Gasteiger partial charge in [-0.1, -0.05) is 5.16 Å². The number of nitrogens with one attached hydrogen (secondary N) is 1. The molecule has 0 bridgehead atoms. The Kier molecular flexibility index (Phi) is 5.70. The van der Waals surface area contributed by atoms with Gasteiger partial charge < -0.3 is 19.3 Å². The van der Waals surface area contributed by atoms with Gasteiger partial charge in [-0.25, -0.2) is 4.98 Å². The number of carbonyl (C=O) groups is 2. The van der Waals surface area contributed by atoms with E-state index < -0.39 is 0 Å². The van der Waals surface area contributed by atoms with Gasteiger partial charge >= 0.3 is 0 Å². The van der Waals surface area contributed by atoms with Gasteiger partial charge in [-0.2, -0.15) is 0 Å². The van der Waals surface area contributed by atoms with Crippen LogP contribution >= 0.6 is 0 Å². The Balaban J connectivity index is 1.41. The maximum Gasteiger partial charge on any atom is 0.225 e. The molecule has 0 spiro atoms. The van der Waals surface area contributed by atoms with E-state index in [1.54, 1.807) is 17.4 Å². The number of aryl methyl sites for hydroxylation is 2. The second-order valence-corrected chi connectivity index (χ2v) is 6.72. The molecule has 2 aromatic rings. The number of likely N-dealkylation sites (tertiary alicyclic amines) is 1. The highest BCUT2D eigenvalue weighted by Crippen LogP contribution is 2.19. The number of imidazole rings is 1. The molecule has 0 aromatic carbocycles. The van der Waals surface area contributed by atoms with Gasteiger partial charge in [0, 0.05) is 50.6 Å². The van der Waals surface area contributed by atoms with Crippen LogP contribution in [0.25, 0.3) is 0 Å². The van der Waals surface area contributed by atoms with Crippen LogP contribution < -0.4 is 5.32 Å². The topological polar surface area (TPSA) is 93.3 Å². The van der Waals surface area contributed by atoms with Crippen molar-refractivity contribution in [3.8, 4) is 0 Å². The summed E-state index contributed by atoms with van der Waals surface area (Å²) >= 11 is 0. The molecule has 3 heterocycles. The lowest BCUT2D eigenvalue weighted by Crippen LogP contribution is -2.36. The number of rotatable bonds is 7. The second kappa shape index (κ2) is 8.16. The Hall–Kier alpha value is -2.64. The van der Waals surface area contributed by atoms with Gasteiger partial charge in [-0.15, -0.1) is 0 Å². The highest BCUT2D eigenvalue weighted by Gasteiger charge is 2.30. The Morgan fingerprint density at radius 1 is 1.38 bits per heavy atom. The summed E-state index contributed by atoms with van der Waals surface area (Å²) in [5.74, 6) is 0.748. The van der Waals surface area contributed by atoms with Gasteiger partial charge in [-0.3, -0.25) is 9.59 Å². The lowest BCUT2D eigenvalue weighted by atomic mass is 10.1. The minimum absolute atomic E-state index is 0.0196. The predicted molar refractivity (Wildman–Crippen MR) is 94.2 cm³/mol. The molecule has 1 saturated heterocycles. The first-order valence-corrected chi connectivity index (χ1v) is 8.97. The van der Waals surface area contributed by atoms with Gasteiger partial charge in [0.25, 0.3) is 0 Å². The second-order valence-electron chi connectivity index (χ2n) is 6.72. The van der Waals surface area contributed by atoms with Crippen LogP contribution in [0.5, 0.6) is 0 Å². The normalized spacial score (nSPS) is 16.8. The molecule has 26 heavy (non-hydrogen) atoms. The van der Waals surface area contributed by atoms with Crippen molar-refractivity contribution in [2.24, 2.45) is 5.92 Å². The van der Waals surface area contributed by atoms with Crippen molar-refractivity contribution in [1.29, 1.82) is 0 Å². The number of nitrogens with zero attached hydrogens (tertiary/aromatic N) is 4. The molecule has 8 nitrogen and oxygen atoms in total. The molecule has 2 aromatic heterocycles. The molecule has 1 unspecified atom stereocenters. The molecule has 1 N–H and O–H groups in total. The molecule has 0 aliphatic carbocycles. The molecule has 0 saturated carbocycles. The van der Waals surface area contributed by atoms with Gasteiger partial charge in [0.2, 0.25) is 11.8 Å². The summed E-state index contributed by atoms with van der Waals surface area (Å²) in [5.41, 5.74) is 1.85. The Bertz CT molecular complexity index is 733. The van der Waals surface area contributed by atoms with Crippen LogP contribution in [-0.4, -0.2) is 51.1 Å². The molecule has 1 aliphatic rings. The summed E-state index contributed by atoms with van der Waals surface area (Å²) < 4.78 is 7.05. The molecule has 1 atom stereocenters. The number of amides is 2. The van der Waals surface area contributed by atoms with Crippen molar-refractivity contribution in [1.82, 2.24) is 24.9 Å². The third-order valence-electron chi connectivity index (χ3n) is 4.91. The maximum atomic E-state index is 12.4. The first-order chi connectivity index (χ1) is 12.5. The monoisotopic (exact) mass is 359 g/mol. The average molecular weight is 359 g/mol. The highest BCUT2D eigenvalue weighted by molar-refractivity contribution is 5.82. The lowest BCUT2D eigenvalue weighted by molar-refractivity contribution is -0.130. The summed E-state index contributed by atoms with van der Waals surface area (Å²) in [4.78, 5) is 30.5. The number of carbonyl (C=O) groups excluding carboxylic acids is 2. The standard InChI is InChI=1S/C18H25N5O3/c1-13-16(14(2)26-21-13)3-4-17(24)23-8-5-15(11-23)18(25)20-7-10-22-9-6-19-12-22/h6,9,12,15H,3-5,7-8,10-11H2,1-2H3,(H,20,25). The zero-order chi connectivity index (χ0) is 18.5. The fourth-order valence-electron chi connectivity index (χ4n) is 3.32. The molecule has 1 aliphatic heterocycles. The van der Waals surface area contributed by atoms with Crippen molar-refractivity contribution in [2.45, 2.75) is 39.7 Å². The number of hydrogen-bond acceptors (Lipinski definition) is 5. The van der Waals surface area contributed by atoms with E-state index in [0.29, 0.717) is 45.4 Å². The minimum Gasteiger partial charge on any atom is -0.361 e. The van der Waals surface area contributed by atoms with Crippen molar-refractivity contribution >= 4 is 11.8 Å². The Morgan fingerprint density at radius 3 is 2.92 bits per heavy atom. The van der Waals surface area contributed by atoms with Gasteiger partial charge in [0.15, 0.2) is 0 Å². The quantitative estimate of drug-likeness (QED) is 0.799. The van der Waals surface area contributed by atoms with Crippen LogP contribution in [0.4, 0.5) is 0 Å². The van der Waals surface area contributed by atoms with Crippen molar-refractivity contribution in [3.63, 3.8) is 0 Å². The molecular formula is C18H25N5O3. The fourth-order valence-corrected chi connectivity index (χ4v) is 3.32. The molecule has 0 radical (unpaired) electrons. The van der Waals surface area contributed by atoms with Crippen LogP contribution in [-0.2, 0) is 22.6 Å². The van der Waals surface area contributed by atoms with Gasteiger partial charge in [0.1, 0.15) is 5.76 Å². The maximum absolute atomic E-state index is 12.4. The van der Waals surface area contributed by atoms with Crippen LogP contribution in [0.15, 0.2) is 23.2 Å². The zero-order valence-electron chi connectivity index (χ0n) is 15.3. The smallest absolute Gasteiger partial charge is 0.225 e. The van der Waals surface area contributed by atoms with Crippen LogP contribution in [0.1, 0.15) is 29.9 Å². The van der Waals surface area contributed by atoms with Crippen LogP contribution in [0.3, 0.4) is 0 Å². The highest BCUT2D eigenvalue weighted by atomic mass is 16.5. The van der Waals surface area contributed by atoms with E-state index in [2.05, 4.69) is 15.5 Å². The molecule has 2 amide bonds. The van der Waals surface area contributed by atoms with Crippen molar-refractivity contribution in [2.75, 3.05) is 19.6 Å². The van der Waals surface area contributed by atoms with Crippen molar-refractivity contribution < 1.29 is 14.1 Å². The van der Waals surface area contributed by atoms with E-state index in [4.69, 9.17) is 4.52 Å². The van der Waals surface area contributed by atoms with Gasteiger partial charge in [-0.05, 0) is 26.7 Å². The molecule has 8 heteroatoms. The van der Waals surface area contributed by atoms with Crippen molar-refractivity contribution in [3.05, 3.63) is 35.7 Å². The Labute approximate surface area is 152 Å². The largest absolute Gasteiger partial charge is 0.361 e. The number of hydrogen-bond donors (Lipinski definition) is 1. The van der Waals surface area contributed by atoms with E-state index in [1.165, 1.54) is 0 Å². The Morgan fingerprint density at radius 2 is 2.23 bits per heavy atom. The summed E-state index contributed by atoms with van der Waals surface area (Å²) in [7, 11) is 0. The molecule has 1 fully saturated rings. The van der Waals surface area contributed by atoms with E-state index in [0.717, 1.165) is 17.0 Å². The molecule has 140 valence electrons. The summed E-state index contributed by atoms with van der Waals surface area (Å²) in [6.45, 7) is 6.14. The molecular weight excluding hydrogens is 334 g/mol. The number of aromatic nitrogens is 3. The lowest BCUT2D eigenvalue weighted by Gasteiger charge is -2.16. The van der Waals surface area contributed by atoms with E-state index in [-0.39, 0.29) is 17.7 Å². The zero-order valence-corrected chi connectivity index (χ0v) is 15.3. The summed E-state index contributed by atoms with van der Waals surface area (Å²) in [6.07, 6.45) is 7.05. The van der Waals surface area contributed by atoms with E-state index in [1.807, 2.05) is 24.6 Å². The van der Waals surface area contributed by atoms with E-state index in [9.17, 15) is 9.59 Å². The summed E-state index contributed by atoms with van der Waals surface area (Å²) in [6, 6.07) is 0. The first kappa shape index (κ1) is 18.2. The predicted octanol–water partition coefficient (Wildman–Crippen LogP) is 1.09. The third-order valence-corrected chi connectivity index (χ3v) is 4.91. The fraction of sp³-hybridized carbons (Fsp3) is 0.556. The first-order valence-electron chi connectivity index (χ1n) is 8.97.